The number of carbonyl (C=O) groups is 1. The Morgan fingerprint density at radius 1 is 1.43 bits per heavy atom. The van der Waals surface area contributed by atoms with Crippen molar-refractivity contribution in [2.45, 2.75) is 13.0 Å². The zero-order valence-electron chi connectivity index (χ0n) is 11.6. The van der Waals surface area contributed by atoms with E-state index in [0.717, 1.165) is 6.20 Å². The Kier molecular flexibility index (Phi) is 3.54. The van der Waals surface area contributed by atoms with E-state index in [-0.39, 0.29) is 17.5 Å². The van der Waals surface area contributed by atoms with Crippen LogP contribution in [-0.2, 0) is 4.65 Å². The van der Waals surface area contributed by atoms with Crippen molar-refractivity contribution >= 4 is 24.3 Å². The number of rotatable bonds is 2. The van der Waals surface area contributed by atoms with Gasteiger partial charge in [-0.1, -0.05) is 0 Å². The van der Waals surface area contributed by atoms with Crippen molar-refractivity contribution in [3.8, 4) is 5.75 Å². The molecule has 10 heteroatoms. The van der Waals surface area contributed by atoms with Gasteiger partial charge in [0.05, 0.1) is 16.9 Å². The summed E-state index contributed by atoms with van der Waals surface area (Å²) < 4.78 is 62.0. The van der Waals surface area contributed by atoms with Crippen LogP contribution >= 0.6 is 0 Å². The van der Waals surface area contributed by atoms with Gasteiger partial charge in [0, 0.05) is 6.20 Å². The predicted octanol–water partition coefficient (Wildman–Crippen LogP) is 2.31. The van der Waals surface area contributed by atoms with E-state index in [1.165, 1.54) is 4.57 Å². The molecule has 0 aliphatic carbocycles. The van der Waals surface area contributed by atoms with Crippen LogP contribution in [0.4, 0.5) is 17.4 Å². The summed E-state index contributed by atoms with van der Waals surface area (Å²) >= 11 is 0. The zero-order chi connectivity index (χ0) is 16.9. The van der Waals surface area contributed by atoms with Crippen molar-refractivity contribution in [1.82, 2.24) is 4.57 Å². The summed E-state index contributed by atoms with van der Waals surface area (Å²) in [5, 5.41) is -0.353. The average Bonchev–Trinajstić information content (AvgIpc) is 2.47. The van der Waals surface area contributed by atoms with Crippen LogP contribution in [0.15, 0.2) is 17.1 Å². The first-order valence-corrected chi connectivity index (χ1v) is 6.50. The third kappa shape index (κ3) is 2.34. The van der Waals surface area contributed by atoms with Gasteiger partial charge in [-0.15, -0.1) is 0 Å². The highest BCUT2D eigenvalue weighted by Crippen LogP contribution is 2.35. The van der Waals surface area contributed by atoms with E-state index in [1.807, 2.05) is 0 Å². The number of pyridine rings is 1. The standard InChI is InChI=1S/C13H8BF4NO4/c1-5-4-22-12-9(16)8(15)2-6-10(12)19(5)3-7(11(6)20)13(21)23-14(17)18/h2-3,5H,4H2,1H3/t5-/m0/s1. The Morgan fingerprint density at radius 3 is 2.78 bits per heavy atom. The molecule has 23 heavy (non-hydrogen) atoms. The number of aromatic nitrogens is 1. The summed E-state index contributed by atoms with van der Waals surface area (Å²) in [6.07, 6.45) is 0.989. The van der Waals surface area contributed by atoms with Crippen LogP contribution in [0.25, 0.3) is 10.9 Å². The molecule has 2 aromatic rings. The highest BCUT2D eigenvalue weighted by molar-refractivity contribution is 6.38. The van der Waals surface area contributed by atoms with Crippen molar-refractivity contribution in [2.24, 2.45) is 0 Å². The topological polar surface area (TPSA) is 57.5 Å². The molecule has 0 saturated heterocycles. The van der Waals surface area contributed by atoms with Crippen LogP contribution in [-0.4, -0.2) is 24.6 Å². The number of carbonyl (C=O) groups excluding carboxylic acids is 1. The highest BCUT2D eigenvalue weighted by atomic mass is 19.2. The van der Waals surface area contributed by atoms with E-state index in [9.17, 15) is 27.0 Å². The molecule has 2 heterocycles. The normalized spacial score (nSPS) is 16.1. The van der Waals surface area contributed by atoms with Gasteiger partial charge < -0.3 is 14.0 Å². The third-order valence-electron chi connectivity index (χ3n) is 3.53. The Morgan fingerprint density at radius 2 is 2.13 bits per heavy atom. The van der Waals surface area contributed by atoms with Crippen LogP contribution in [0, 0.1) is 11.6 Å². The van der Waals surface area contributed by atoms with Gasteiger partial charge in [0.15, 0.2) is 11.6 Å². The fourth-order valence-corrected chi connectivity index (χ4v) is 2.48. The minimum Gasteiger partial charge on any atom is -0.486 e. The maximum Gasteiger partial charge on any atom is 0.798 e. The maximum atomic E-state index is 13.8. The van der Waals surface area contributed by atoms with Crippen LogP contribution in [0.2, 0.25) is 0 Å². The molecule has 0 unspecified atom stereocenters. The summed E-state index contributed by atoms with van der Waals surface area (Å²) in [6, 6.07) is 0.168. The SMILES string of the molecule is C[C@H]1COc2c(F)c(F)cc3c(=O)c(C(=O)OB(F)F)cn1c23. The second-order valence-electron chi connectivity index (χ2n) is 5.00. The lowest BCUT2D eigenvalue weighted by atomic mass is 10.1. The minimum atomic E-state index is -3.40. The molecule has 0 spiro atoms. The van der Waals surface area contributed by atoms with E-state index in [4.69, 9.17) is 4.74 Å². The Hall–Kier alpha value is -2.52. The molecule has 120 valence electrons. The molecule has 1 aliphatic rings. The van der Waals surface area contributed by atoms with Crippen molar-refractivity contribution in [2.75, 3.05) is 6.61 Å². The molecular formula is C13H8BF4NO4. The third-order valence-corrected chi connectivity index (χ3v) is 3.53. The quantitative estimate of drug-likeness (QED) is 0.627. The lowest BCUT2D eigenvalue weighted by Gasteiger charge is -2.27. The van der Waals surface area contributed by atoms with Gasteiger partial charge in [-0.2, -0.15) is 4.39 Å². The number of nitrogens with zero attached hydrogens (tertiary/aromatic N) is 1. The zero-order valence-corrected chi connectivity index (χ0v) is 11.6. The summed E-state index contributed by atoms with van der Waals surface area (Å²) in [6.45, 7) is 1.59. The molecule has 3 rings (SSSR count). The van der Waals surface area contributed by atoms with E-state index < -0.39 is 47.9 Å². The fraction of sp³-hybridized carbons (Fsp3) is 0.231. The predicted molar refractivity (Wildman–Crippen MR) is 71.7 cm³/mol. The second kappa shape index (κ2) is 5.29. The summed E-state index contributed by atoms with van der Waals surface area (Å²) in [5.41, 5.74) is -1.77. The number of ether oxygens (including phenoxy) is 1. The van der Waals surface area contributed by atoms with E-state index >= 15 is 0 Å². The number of benzene rings is 1. The van der Waals surface area contributed by atoms with Gasteiger partial charge in [0.2, 0.25) is 11.2 Å². The van der Waals surface area contributed by atoms with Crippen molar-refractivity contribution in [3.05, 3.63) is 39.7 Å². The average molecular weight is 329 g/mol. The molecule has 0 fully saturated rings. The second-order valence-corrected chi connectivity index (χ2v) is 5.00. The van der Waals surface area contributed by atoms with Crippen molar-refractivity contribution in [3.63, 3.8) is 0 Å². The molecule has 1 aromatic heterocycles. The van der Waals surface area contributed by atoms with Crippen LogP contribution in [0.1, 0.15) is 23.3 Å². The first-order valence-electron chi connectivity index (χ1n) is 6.50. The van der Waals surface area contributed by atoms with E-state index in [2.05, 4.69) is 4.65 Å². The smallest absolute Gasteiger partial charge is 0.486 e. The molecule has 0 radical (unpaired) electrons. The maximum absolute atomic E-state index is 13.8. The molecule has 0 amide bonds. The number of hydrogen-bond acceptors (Lipinski definition) is 4. The Balaban J connectivity index is 2.36. The van der Waals surface area contributed by atoms with E-state index in [1.54, 1.807) is 6.92 Å². The van der Waals surface area contributed by atoms with Crippen LogP contribution in [0.5, 0.6) is 5.75 Å². The minimum absolute atomic E-state index is 0.0405. The fourth-order valence-electron chi connectivity index (χ4n) is 2.48. The monoisotopic (exact) mass is 329 g/mol. The lowest BCUT2D eigenvalue weighted by Crippen LogP contribution is -2.28. The summed E-state index contributed by atoms with van der Waals surface area (Å²) in [4.78, 5) is 23.9. The van der Waals surface area contributed by atoms with Crippen molar-refractivity contribution in [1.29, 1.82) is 0 Å². The van der Waals surface area contributed by atoms with Gasteiger partial charge in [-0.3, -0.25) is 4.79 Å². The van der Waals surface area contributed by atoms with Gasteiger partial charge in [0.1, 0.15) is 12.2 Å². The molecule has 5 nitrogen and oxygen atoms in total. The first kappa shape index (κ1) is 15.4. The summed E-state index contributed by atoms with van der Waals surface area (Å²) in [7, 11) is -3.40. The van der Waals surface area contributed by atoms with Crippen molar-refractivity contribution < 1.29 is 31.6 Å². The molecule has 1 aliphatic heterocycles. The highest BCUT2D eigenvalue weighted by Gasteiger charge is 2.30. The van der Waals surface area contributed by atoms with Gasteiger partial charge >= 0.3 is 13.4 Å². The molecule has 0 saturated carbocycles. The number of hydrogen-bond donors (Lipinski definition) is 0. The molecule has 0 bridgehead atoms. The van der Waals surface area contributed by atoms with E-state index in [0.29, 0.717) is 6.07 Å². The Bertz CT molecular complexity index is 883. The first-order chi connectivity index (χ1) is 10.8. The lowest BCUT2D eigenvalue weighted by molar-refractivity contribution is 0.0692. The summed E-state index contributed by atoms with van der Waals surface area (Å²) in [5.74, 6) is -4.60. The molecule has 0 N–H and O–H groups in total. The van der Waals surface area contributed by atoms with Crippen LogP contribution < -0.4 is 10.2 Å². The van der Waals surface area contributed by atoms with Gasteiger partial charge in [-0.25, -0.2) is 17.8 Å². The molecule has 1 atom stereocenters. The molecular weight excluding hydrogens is 321 g/mol. The Labute approximate surface area is 126 Å². The number of halogens is 4. The van der Waals surface area contributed by atoms with Gasteiger partial charge in [0.25, 0.3) is 0 Å². The van der Waals surface area contributed by atoms with Crippen LogP contribution in [0.3, 0.4) is 0 Å². The molecule has 1 aromatic carbocycles. The largest absolute Gasteiger partial charge is 0.798 e. The van der Waals surface area contributed by atoms with Gasteiger partial charge in [-0.05, 0) is 13.0 Å².